The first-order valence-corrected chi connectivity index (χ1v) is 11.2. The Bertz CT molecular complexity index is 881. The number of benzene rings is 1. The van der Waals surface area contributed by atoms with Crippen LogP contribution < -0.4 is 10.6 Å². The van der Waals surface area contributed by atoms with Gasteiger partial charge in [0.15, 0.2) is 5.96 Å². The molecule has 0 amide bonds. The monoisotopic (exact) mass is 411 g/mol. The molecule has 1 unspecified atom stereocenters. The molecule has 1 atom stereocenters. The van der Waals surface area contributed by atoms with Crippen LogP contribution in [0.15, 0.2) is 52.1 Å². The van der Waals surface area contributed by atoms with Gasteiger partial charge >= 0.3 is 0 Å². The number of para-hydroxylation sites is 1. The van der Waals surface area contributed by atoms with E-state index in [4.69, 9.17) is 9.40 Å². The number of guanidine groups is 1. The fraction of sp³-hybridized carbons (Fsp3) is 0.455. The van der Waals surface area contributed by atoms with Crippen LogP contribution in [0.2, 0.25) is 0 Å². The number of aromatic nitrogens is 1. The lowest BCUT2D eigenvalue weighted by atomic mass is 10.2. The Kier molecular flexibility index (Phi) is 6.79. The Balaban J connectivity index is 1.24. The number of hydrogen-bond acceptors (Lipinski definition) is 5. The molecule has 7 heteroatoms. The number of nitrogens with one attached hydrogen (secondary N) is 2. The summed E-state index contributed by atoms with van der Waals surface area (Å²) in [5.41, 5.74) is 1.10. The predicted octanol–water partition coefficient (Wildman–Crippen LogP) is 3.82. The molecule has 29 heavy (non-hydrogen) atoms. The second-order valence-corrected chi connectivity index (χ2v) is 8.45. The zero-order valence-electron chi connectivity index (χ0n) is 16.9. The van der Waals surface area contributed by atoms with Gasteiger partial charge in [0.25, 0.3) is 0 Å². The largest absolute Gasteiger partial charge is 0.468 e. The normalized spacial score (nSPS) is 16.4. The molecule has 1 aliphatic rings. The fourth-order valence-corrected chi connectivity index (χ4v) is 4.84. The second-order valence-electron chi connectivity index (χ2n) is 7.33. The Morgan fingerprint density at radius 2 is 2.07 bits per heavy atom. The molecular weight excluding hydrogens is 382 g/mol. The summed E-state index contributed by atoms with van der Waals surface area (Å²) in [6, 6.07) is 12.6. The summed E-state index contributed by atoms with van der Waals surface area (Å²) in [7, 11) is 1.82. The summed E-state index contributed by atoms with van der Waals surface area (Å²) in [5, 5.41) is 8.11. The molecule has 3 heterocycles. The summed E-state index contributed by atoms with van der Waals surface area (Å²) in [6.07, 6.45) is 6.28. The molecule has 154 valence electrons. The van der Waals surface area contributed by atoms with Gasteiger partial charge in [-0.25, -0.2) is 4.98 Å². The number of rotatable bonds is 8. The molecule has 0 radical (unpaired) electrons. The smallest absolute Gasteiger partial charge is 0.191 e. The van der Waals surface area contributed by atoms with Crippen LogP contribution in [-0.4, -0.2) is 49.1 Å². The van der Waals surface area contributed by atoms with Crippen LogP contribution >= 0.6 is 11.3 Å². The van der Waals surface area contributed by atoms with Gasteiger partial charge in [0.05, 0.1) is 27.5 Å². The van der Waals surface area contributed by atoms with E-state index in [1.165, 1.54) is 22.5 Å². The third kappa shape index (κ3) is 5.16. The number of likely N-dealkylation sites (tertiary alicyclic amines) is 1. The van der Waals surface area contributed by atoms with E-state index in [0.29, 0.717) is 0 Å². The van der Waals surface area contributed by atoms with Crippen LogP contribution in [0.5, 0.6) is 0 Å². The highest BCUT2D eigenvalue weighted by atomic mass is 32.1. The summed E-state index contributed by atoms with van der Waals surface area (Å²) in [4.78, 5) is 11.6. The Morgan fingerprint density at radius 3 is 2.83 bits per heavy atom. The molecule has 2 aromatic heterocycles. The standard InChI is InChI=1S/C22H29N5OS/c1-23-22(24-12-6-11-21-26-17-8-2-3-10-20(17)29-21)25-16-18(19-9-7-15-28-19)27-13-4-5-14-27/h2-3,7-10,15,18H,4-6,11-14,16H2,1H3,(H2,23,24,25). The molecular formula is C22H29N5OS. The van der Waals surface area contributed by atoms with Gasteiger partial charge in [0.2, 0.25) is 0 Å². The van der Waals surface area contributed by atoms with E-state index < -0.39 is 0 Å². The lowest BCUT2D eigenvalue weighted by Crippen LogP contribution is -2.42. The van der Waals surface area contributed by atoms with Crippen LogP contribution in [0, 0.1) is 0 Å². The average molecular weight is 412 g/mol. The van der Waals surface area contributed by atoms with Gasteiger partial charge in [-0.3, -0.25) is 9.89 Å². The molecule has 6 nitrogen and oxygen atoms in total. The quantitative estimate of drug-likeness (QED) is 0.335. The molecule has 3 aromatic rings. The highest BCUT2D eigenvalue weighted by molar-refractivity contribution is 7.18. The molecule has 1 fully saturated rings. The third-order valence-corrected chi connectivity index (χ3v) is 6.43. The highest BCUT2D eigenvalue weighted by Gasteiger charge is 2.25. The molecule has 0 bridgehead atoms. The molecule has 4 rings (SSSR count). The maximum Gasteiger partial charge on any atom is 0.191 e. The Labute approximate surface area is 176 Å². The van der Waals surface area contributed by atoms with Gasteiger partial charge in [-0.1, -0.05) is 12.1 Å². The lowest BCUT2D eigenvalue weighted by molar-refractivity contribution is 0.215. The first kappa shape index (κ1) is 19.9. The average Bonchev–Trinajstić information content (AvgIpc) is 3.51. The number of furan rings is 1. The summed E-state index contributed by atoms with van der Waals surface area (Å²) < 4.78 is 6.96. The van der Waals surface area contributed by atoms with Crippen LogP contribution in [0.4, 0.5) is 0 Å². The third-order valence-electron chi connectivity index (χ3n) is 5.34. The van der Waals surface area contributed by atoms with Crippen molar-refractivity contribution in [3.05, 3.63) is 53.4 Å². The van der Waals surface area contributed by atoms with Gasteiger partial charge in [0, 0.05) is 26.6 Å². The maximum atomic E-state index is 5.70. The Morgan fingerprint density at radius 1 is 1.21 bits per heavy atom. The SMILES string of the molecule is CN=C(NCCCc1nc2ccccc2s1)NCC(c1ccco1)N1CCCC1. The fourth-order valence-electron chi connectivity index (χ4n) is 3.83. The maximum absolute atomic E-state index is 5.70. The van der Waals surface area contributed by atoms with Crippen LogP contribution in [0.25, 0.3) is 10.2 Å². The summed E-state index contributed by atoms with van der Waals surface area (Å²) >= 11 is 1.79. The summed E-state index contributed by atoms with van der Waals surface area (Å²) in [5.74, 6) is 1.86. The van der Waals surface area contributed by atoms with Gasteiger partial charge in [-0.05, 0) is 56.6 Å². The van der Waals surface area contributed by atoms with E-state index in [9.17, 15) is 0 Å². The highest BCUT2D eigenvalue weighted by Crippen LogP contribution is 2.25. The van der Waals surface area contributed by atoms with E-state index in [1.807, 2.05) is 19.2 Å². The van der Waals surface area contributed by atoms with Crippen molar-refractivity contribution in [2.45, 2.75) is 31.7 Å². The molecule has 0 spiro atoms. The van der Waals surface area contributed by atoms with Crippen molar-refractivity contribution in [2.75, 3.05) is 33.2 Å². The van der Waals surface area contributed by atoms with Crippen molar-refractivity contribution < 1.29 is 4.42 Å². The van der Waals surface area contributed by atoms with Crippen LogP contribution in [0.3, 0.4) is 0 Å². The number of aliphatic imine (C=N–C) groups is 1. The van der Waals surface area contributed by atoms with Crippen molar-refractivity contribution >= 4 is 27.5 Å². The van der Waals surface area contributed by atoms with Crippen LogP contribution in [-0.2, 0) is 6.42 Å². The van der Waals surface area contributed by atoms with Crippen molar-refractivity contribution in [2.24, 2.45) is 4.99 Å². The van der Waals surface area contributed by atoms with Crippen molar-refractivity contribution in [3.63, 3.8) is 0 Å². The minimum Gasteiger partial charge on any atom is -0.468 e. The van der Waals surface area contributed by atoms with Gasteiger partial charge in [-0.15, -0.1) is 11.3 Å². The molecule has 2 N–H and O–H groups in total. The van der Waals surface area contributed by atoms with Gasteiger partial charge in [0.1, 0.15) is 5.76 Å². The molecule has 1 aromatic carbocycles. The van der Waals surface area contributed by atoms with Crippen molar-refractivity contribution in [1.29, 1.82) is 0 Å². The predicted molar refractivity (Wildman–Crippen MR) is 120 cm³/mol. The van der Waals surface area contributed by atoms with Gasteiger partial charge < -0.3 is 15.1 Å². The zero-order valence-corrected chi connectivity index (χ0v) is 17.8. The first-order chi connectivity index (χ1) is 14.3. The van der Waals surface area contributed by atoms with E-state index >= 15 is 0 Å². The minimum absolute atomic E-state index is 0.244. The van der Waals surface area contributed by atoms with Crippen LogP contribution in [0.1, 0.15) is 36.1 Å². The van der Waals surface area contributed by atoms with E-state index in [1.54, 1.807) is 17.6 Å². The van der Waals surface area contributed by atoms with Crippen molar-refractivity contribution in [3.8, 4) is 0 Å². The van der Waals surface area contributed by atoms with Crippen molar-refractivity contribution in [1.82, 2.24) is 20.5 Å². The topological polar surface area (TPSA) is 65.7 Å². The molecule has 1 saturated heterocycles. The Hall–Kier alpha value is -2.38. The number of aryl methyl sites for hydroxylation is 1. The number of nitrogens with zero attached hydrogens (tertiary/aromatic N) is 3. The van der Waals surface area contributed by atoms with E-state index in [-0.39, 0.29) is 6.04 Å². The second kappa shape index (κ2) is 9.89. The molecule has 1 aliphatic heterocycles. The number of fused-ring (bicyclic) bond motifs is 1. The van der Waals surface area contributed by atoms with Gasteiger partial charge in [-0.2, -0.15) is 0 Å². The zero-order chi connectivity index (χ0) is 19.9. The van der Waals surface area contributed by atoms with E-state index in [0.717, 1.165) is 56.3 Å². The lowest BCUT2D eigenvalue weighted by Gasteiger charge is -2.26. The molecule has 0 aliphatic carbocycles. The number of thiazole rings is 1. The first-order valence-electron chi connectivity index (χ1n) is 10.4. The minimum atomic E-state index is 0.244. The van der Waals surface area contributed by atoms with E-state index in [2.05, 4.69) is 44.8 Å². The molecule has 0 saturated carbocycles. The summed E-state index contributed by atoms with van der Waals surface area (Å²) in [6.45, 7) is 3.90. The number of hydrogen-bond donors (Lipinski definition) is 2.